The molecule has 0 saturated carbocycles. The predicted molar refractivity (Wildman–Crippen MR) is 232 cm³/mol. The second kappa shape index (κ2) is 13.6. The van der Waals surface area contributed by atoms with Crippen LogP contribution in [0.3, 0.4) is 0 Å². The Morgan fingerprint density at radius 3 is 1.26 bits per heavy atom. The smallest absolute Gasteiger partial charge is 0.0476 e. The molecule has 9 aromatic carbocycles. The molecule has 53 heavy (non-hydrogen) atoms. The van der Waals surface area contributed by atoms with E-state index < -0.39 is 0 Å². The summed E-state index contributed by atoms with van der Waals surface area (Å²) in [4.78, 5) is 2.39. The Balaban J connectivity index is 0.00000372. The fourth-order valence-electron chi connectivity index (χ4n) is 7.86. The van der Waals surface area contributed by atoms with Crippen LogP contribution in [0.1, 0.15) is 0 Å². The molecular formula is C51H36NS-. The Hall–Kier alpha value is -6.48. The minimum Gasteiger partial charge on any atom is -0.358 e. The van der Waals surface area contributed by atoms with E-state index in [1.807, 2.05) is 11.3 Å². The van der Waals surface area contributed by atoms with Crippen molar-refractivity contribution < 1.29 is 0 Å². The van der Waals surface area contributed by atoms with Gasteiger partial charge in [-0.3, -0.25) is 0 Å². The molecule has 1 nitrogen and oxygen atoms in total. The highest BCUT2D eigenvalue weighted by atomic mass is 32.1. The number of hydrogen-bond acceptors (Lipinski definition) is 2. The van der Waals surface area contributed by atoms with Crippen LogP contribution in [0.4, 0.5) is 17.1 Å². The highest BCUT2D eigenvalue weighted by Crippen LogP contribution is 2.46. The predicted octanol–water partition coefficient (Wildman–Crippen LogP) is 15.3. The Morgan fingerprint density at radius 2 is 0.679 bits per heavy atom. The third kappa shape index (κ3) is 5.65. The lowest BCUT2D eigenvalue weighted by atomic mass is 9.85. The summed E-state index contributed by atoms with van der Waals surface area (Å²) in [5.74, 6) is 0. The monoisotopic (exact) mass is 694 g/mol. The van der Waals surface area contributed by atoms with Gasteiger partial charge in [0.25, 0.3) is 0 Å². The third-order valence-corrected chi connectivity index (χ3v) is 11.4. The summed E-state index contributed by atoms with van der Waals surface area (Å²) in [6, 6.07) is 72.9. The lowest BCUT2D eigenvalue weighted by molar-refractivity contribution is 1.29. The highest BCUT2D eigenvalue weighted by molar-refractivity contribution is 7.25. The molecule has 1 aromatic heterocycles. The molecule has 10 aromatic rings. The lowest BCUT2D eigenvalue weighted by Crippen LogP contribution is -2.09. The first-order valence-electron chi connectivity index (χ1n) is 17.8. The summed E-state index contributed by atoms with van der Waals surface area (Å²) < 4.78 is 2.60. The van der Waals surface area contributed by atoms with E-state index in [4.69, 9.17) is 0 Å². The standard InChI is InChI=1S/C50H33NS.CH3/c1-3-13-34(14-4-1)35-23-27-38(28-24-35)51(40-31-32-44-43-19-11-12-22-47(43)52-48(44)33-40)39-29-25-37(26-30-39)50-46-21-10-8-18-42(46)41-17-7-9-20-45(41)49(50)36-15-5-2-6-16-36;/h1-33H;1H3/q;-1. The molecule has 0 aliphatic heterocycles. The molecule has 0 radical (unpaired) electrons. The number of rotatable bonds is 6. The second-order valence-electron chi connectivity index (χ2n) is 13.3. The maximum atomic E-state index is 2.39. The number of benzene rings is 9. The van der Waals surface area contributed by atoms with Crippen molar-refractivity contribution in [3.05, 3.63) is 208 Å². The van der Waals surface area contributed by atoms with Crippen molar-refractivity contribution in [1.82, 2.24) is 0 Å². The van der Waals surface area contributed by atoms with Crippen molar-refractivity contribution in [2.45, 2.75) is 0 Å². The van der Waals surface area contributed by atoms with Crippen molar-refractivity contribution in [2.24, 2.45) is 0 Å². The van der Waals surface area contributed by atoms with Gasteiger partial charge in [0.1, 0.15) is 0 Å². The first-order chi connectivity index (χ1) is 25.8. The molecule has 252 valence electrons. The van der Waals surface area contributed by atoms with Crippen LogP contribution in [0.2, 0.25) is 0 Å². The topological polar surface area (TPSA) is 3.24 Å². The van der Waals surface area contributed by atoms with Gasteiger partial charge in [0.15, 0.2) is 0 Å². The lowest BCUT2D eigenvalue weighted by Gasteiger charge is -2.26. The summed E-state index contributed by atoms with van der Waals surface area (Å²) in [6.45, 7) is 0. The molecular weight excluding hydrogens is 659 g/mol. The van der Waals surface area contributed by atoms with E-state index in [0.29, 0.717) is 0 Å². The zero-order valence-electron chi connectivity index (χ0n) is 29.4. The average Bonchev–Trinajstić information content (AvgIpc) is 3.60. The maximum Gasteiger partial charge on any atom is 0.0476 e. The number of nitrogens with zero attached hydrogens (tertiary/aromatic N) is 1. The molecule has 0 bridgehead atoms. The van der Waals surface area contributed by atoms with Gasteiger partial charge in [0, 0.05) is 37.2 Å². The normalized spacial score (nSPS) is 11.2. The summed E-state index contributed by atoms with van der Waals surface area (Å²) >= 11 is 1.86. The molecule has 0 aliphatic carbocycles. The largest absolute Gasteiger partial charge is 0.358 e. The number of thiophene rings is 1. The van der Waals surface area contributed by atoms with E-state index >= 15 is 0 Å². The van der Waals surface area contributed by atoms with Gasteiger partial charge in [-0.05, 0) is 97.4 Å². The van der Waals surface area contributed by atoms with Gasteiger partial charge in [-0.1, -0.05) is 158 Å². The average molecular weight is 695 g/mol. The second-order valence-corrected chi connectivity index (χ2v) is 14.4. The van der Waals surface area contributed by atoms with Crippen LogP contribution < -0.4 is 4.90 Å². The summed E-state index contributed by atoms with van der Waals surface area (Å²) in [6.07, 6.45) is 0. The van der Waals surface area contributed by atoms with Crippen molar-refractivity contribution in [3.63, 3.8) is 0 Å². The fraction of sp³-hybridized carbons (Fsp3) is 0. The van der Waals surface area contributed by atoms with Gasteiger partial charge in [0.2, 0.25) is 0 Å². The van der Waals surface area contributed by atoms with E-state index in [0.717, 1.165) is 17.1 Å². The Bertz CT molecular complexity index is 2870. The van der Waals surface area contributed by atoms with E-state index in [1.165, 1.54) is 75.1 Å². The summed E-state index contributed by atoms with van der Waals surface area (Å²) in [5.41, 5.74) is 10.7. The molecule has 0 spiro atoms. The van der Waals surface area contributed by atoms with E-state index in [-0.39, 0.29) is 7.43 Å². The molecule has 0 N–H and O–H groups in total. The maximum absolute atomic E-state index is 2.39. The number of anilines is 3. The van der Waals surface area contributed by atoms with Crippen molar-refractivity contribution >= 4 is 70.1 Å². The van der Waals surface area contributed by atoms with Gasteiger partial charge in [-0.25, -0.2) is 0 Å². The van der Waals surface area contributed by atoms with Crippen LogP contribution in [0.5, 0.6) is 0 Å². The van der Waals surface area contributed by atoms with Crippen LogP contribution in [0.15, 0.2) is 200 Å². The van der Waals surface area contributed by atoms with Crippen molar-refractivity contribution in [2.75, 3.05) is 4.90 Å². The van der Waals surface area contributed by atoms with Crippen molar-refractivity contribution in [3.8, 4) is 33.4 Å². The van der Waals surface area contributed by atoms with E-state index in [2.05, 4.69) is 205 Å². The van der Waals surface area contributed by atoms with Gasteiger partial charge in [-0.2, -0.15) is 0 Å². The SMILES string of the molecule is [CH3-].c1ccc(-c2ccc(N(c3ccc(-c4c(-c5ccccc5)c5ccccc5c5ccccc45)cc3)c3ccc4c(c3)sc3ccccc34)cc2)cc1. The number of fused-ring (bicyclic) bond motifs is 6. The molecule has 0 fully saturated rings. The Kier molecular flexibility index (Phi) is 8.31. The molecule has 2 heteroatoms. The summed E-state index contributed by atoms with van der Waals surface area (Å²) in [5, 5.41) is 7.69. The minimum atomic E-state index is 0. The van der Waals surface area contributed by atoms with E-state index in [9.17, 15) is 0 Å². The van der Waals surface area contributed by atoms with E-state index in [1.54, 1.807) is 0 Å². The third-order valence-electron chi connectivity index (χ3n) is 10.3. The molecule has 0 amide bonds. The molecule has 1 heterocycles. The quantitative estimate of drug-likeness (QED) is 0.124. The molecule has 0 unspecified atom stereocenters. The number of hydrogen-bond donors (Lipinski definition) is 0. The van der Waals surface area contributed by atoms with Crippen LogP contribution in [-0.4, -0.2) is 0 Å². The zero-order chi connectivity index (χ0) is 34.4. The minimum absolute atomic E-state index is 0. The van der Waals surface area contributed by atoms with Gasteiger partial charge in [0.05, 0.1) is 0 Å². The molecule has 0 atom stereocenters. The highest BCUT2D eigenvalue weighted by Gasteiger charge is 2.19. The van der Waals surface area contributed by atoms with Crippen LogP contribution >= 0.6 is 11.3 Å². The Labute approximate surface area is 314 Å². The van der Waals surface area contributed by atoms with Crippen LogP contribution in [-0.2, 0) is 0 Å². The van der Waals surface area contributed by atoms with Crippen LogP contribution in [0, 0.1) is 7.43 Å². The van der Waals surface area contributed by atoms with Gasteiger partial charge < -0.3 is 12.3 Å². The molecule has 0 saturated heterocycles. The van der Waals surface area contributed by atoms with Gasteiger partial charge in [-0.15, -0.1) is 11.3 Å². The molecule has 0 aliphatic rings. The van der Waals surface area contributed by atoms with Gasteiger partial charge >= 0.3 is 0 Å². The Morgan fingerprint density at radius 1 is 0.283 bits per heavy atom. The summed E-state index contributed by atoms with van der Waals surface area (Å²) in [7, 11) is 0. The van der Waals surface area contributed by atoms with Crippen molar-refractivity contribution in [1.29, 1.82) is 0 Å². The zero-order valence-corrected chi connectivity index (χ0v) is 30.2. The fourth-order valence-corrected chi connectivity index (χ4v) is 9.00. The first-order valence-corrected chi connectivity index (χ1v) is 18.6. The molecule has 10 rings (SSSR count). The first kappa shape index (κ1) is 32.4. The van der Waals surface area contributed by atoms with Crippen LogP contribution in [0.25, 0.3) is 75.1 Å².